The summed E-state index contributed by atoms with van der Waals surface area (Å²) in [7, 11) is 1.21. The van der Waals surface area contributed by atoms with Gasteiger partial charge in [-0.3, -0.25) is 4.79 Å². The fourth-order valence-corrected chi connectivity index (χ4v) is 2.31. The molecule has 0 spiro atoms. The average Bonchev–Trinajstić information content (AvgIpc) is 2.76. The molecule has 1 fully saturated rings. The van der Waals surface area contributed by atoms with Crippen LogP contribution in [0.4, 0.5) is 0 Å². The predicted molar refractivity (Wildman–Crippen MR) is 68.7 cm³/mol. The third-order valence-electron chi connectivity index (χ3n) is 3.41. The normalized spacial score (nSPS) is 31.0. The molecule has 1 saturated heterocycles. The first kappa shape index (κ1) is 14.9. The fraction of sp³-hybridized carbons (Fsp3) is 0.500. The Hall–Kier alpha value is -1.47. The molecule has 0 bridgehead atoms. The number of methoxy groups -OCH3 is 1. The van der Waals surface area contributed by atoms with Gasteiger partial charge in [0, 0.05) is 0 Å². The molecule has 5 atom stereocenters. The molecule has 0 aromatic heterocycles. The molecular weight excluding hydrogens is 264 g/mol. The molecule has 3 N–H and O–H groups in total. The number of esters is 1. The molecule has 0 saturated carbocycles. The van der Waals surface area contributed by atoms with E-state index in [0.29, 0.717) is 5.56 Å². The molecule has 1 aliphatic rings. The lowest BCUT2D eigenvalue weighted by Gasteiger charge is -2.20. The van der Waals surface area contributed by atoms with Crippen LogP contribution in [0.2, 0.25) is 0 Å². The van der Waals surface area contributed by atoms with E-state index in [9.17, 15) is 20.1 Å². The summed E-state index contributed by atoms with van der Waals surface area (Å²) in [6, 6.07) is 8.92. The molecule has 6 nitrogen and oxygen atoms in total. The second-order valence-corrected chi connectivity index (χ2v) is 4.76. The zero-order valence-electron chi connectivity index (χ0n) is 11.0. The number of benzene rings is 1. The Labute approximate surface area is 116 Å². The molecule has 1 heterocycles. The zero-order valence-corrected chi connectivity index (χ0v) is 11.0. The van der Waals surface area contributed by atoms with Gasteiger partial charge in [-0.2, -0.15) is 0 Å². The Morgan fingerprint density at radius 1 is 1.30 bits per heavy atom. The highest BCUT2D eigenvalue weighted by atomic mass is 16.6. The number of aliphatic hydroxyl groups excluding tert-OH is 3. The highest BCUT2D eigenvalue weighted by Gasteiger charge is 2.46. The van der Waals surface area contributed by atoms with Crippen molar-refractivity contribution in [2.24, 2.45) is 0 Å². The van der Waals surface area contributed by atoms with E-state index < -0.39 is 36.5 Å². The van der Waals surface area contributed by atoms with Crippen molar-refractivity contribution in [1.82, 2.24) is 0 Å². The topological polar surface area (TPSA) is 96.2 Å². The number of rotatable bonds is 4. The van der Waals surface area contributed by atoms with Crippen LogP contribution in [0, 0.1) is 0 Å². The molecule has 6 heteroatoms. The van der Waals surface area contributed by atoms with Crippen molar-refractivity contribution >= 4 is 5.97 Å². The second-order valence-electron chi connectivity index (χ2n) is 4.76. The van der Waals surface area contributed by atoms with Crippen molar-refractivity contribution in [3.8, 4) is 0 Å². The molecule has 1 aromatic rings. The Morgan fingerprint density at radius 3 is 2.55 bits per heavy atom. The summed E-state index contributed by atoms with van der Waals surface area (Å²) in [6.07, 6.45) is -5.72. The minimum absolute atomic E-state index is 0.299. The summed E-state index contributed by atoms with van der Waals surface area (Å²) in [5, 5.41) is 29.9. The first-order valence-corrected chi connectivity index (χ1v) is 6.36. The highest BCUT2D eigenvalue weighted by molar-refractivity contribution is 5.69. The predicted octanol–water partition coefficient (Wildman–Crippen LogP) is -0.228. The van der Waals surface area contributed by atoms with E-state index >= 15 is 0 Å². The Morgan fingerprint density at radius 2 is 1.95 bits per heavy atom. The smallest absolute Gasteiger partial charge is 0.308 e. The van der Waals surface area contributed by atoms with E-state index in [1.807, 2.05) is 6.07 Å². The average molecular weight is 282 g/mol. The van der Waals surface area contributed by atoms with Gasteiger partial charge in [0.1, 0.15) is 24.4 Å². The van der Waals surface area contributed by atoms with Crippen LogP contribution in [0.25, 0.3) is 0 Å². The standard InChI is InChI=1S/C14H18O6/c1-19-10(16)7-9(15)14-12(18)11(17)13(20-14)8-5-3-2-4-6-8/h2-6,9,11-15,17-18H,7H2,1H3/t9-,11+,12-,13-,14-/m0/s1. The Bertz CT molecular complexity index is 448. The molecule has 2 rings (SSSR count). The Kier molecular flexibility index (Phi) is 4.72. The molecular formula is C14H18O6. The largest absolute Gasteiger partial charge is 0.469 e. The van der Waals surface area contributed by atoms with Crippen LogP contribution in [0.1, 0.15) is 18.1 Å². The van der Waals surface area contributed by atoms with Crippen molar-refractivity contribution in [3.05, 3.63) is 35.9 Å². The number of ether oxygens (including phenoxy) is 2. The SMILES string of the molecule is COC(=O)C[C@H](O)[C@@H]1O[C@@H](c2ccccc2)[C@H](O)[C@@H]1O. The van der Waals surface area contributed by atoms with Crippen LogP contribution in [0.3, 0.4) is 0 Å². The van der Waals surface area contributed by atoms with Gasteiger partial charge in [0.2, 0.25) is 0 Å². The lowest BCUT2D eigenvalue weighted by Crippen LogP contribution is -2.39. The zero-order chi connectivity index (χ0) is 14.7. The van der Waals surface area contributed by atoms with Crippen molar-refractivity contribution in [3.63, 3.8) is 0 Å². The second kappa shape index (κ2) is 6.32. The number of aliphatic hydroxyl groups is 3. The molecule has 20 heavy (non-hydrogen) atoms. The van der Waals surface area contributed by atoms with Crippen LogP contribution in [0.5, 0.6) is 0 Å². The first-order chi connectivity index (χ1) is 9.54. The maximum Gasteiger partial charge on any atom is 0.308 e. The first-order valence-electron chi connectivity index (χ1n) is 6.36. The van der Waals surface area contributed by atoms with Gasteiger partial charge in [0.15, 0.2) is 0 Å². The Balaban J connectivity index is 2.09. The van der Waals surface area contributed by atoms with Crippen LogP contribution in [-0.2, 0) is 14.3 Å². The van der Waals surface area contributed by atoms with Gasteiger partial charge in [-0.25, -0.2) is 0 Å². The lowest BCUT2D eigenvalue weighted by atomic mass is 9.99. The summed E-state index contributed by atoms with van der Waals surface area (Å²) >= 11 is 0. The molecule has 0 aliphatic carbocycles. The van der Waals surface area contributed by atoms with Gasteiger partial charge in [0.05, 0.1) is 19.6 Å². The van der Waals surface area contributed by atoms with Crippen molar-refractivity contribution in [2.45, 2.75) is 36.9 Å². The fourth-order valence-electron chi connectivity index (χ4n) is 2.31. The summed E-state index contributed by atoms with van der Waals surface area (Å²) in [5.41, 5.74) is 0.701. The van der Waals surface area contributed by atoms with Crippen LogP contribution < -0.4 is 0 Å². The van der Waals surface area contributed by atoms with Gasteiger partial charge < -0.3 is 24.8 Å². The number of carbonyl (C=O) groups excluding carboxylic acids is 1. The molecule has 0 radical (unpaired) electrons. The summed E-state index contributed by atoms with van der Waals surface area (Å²) in [4.78, 5) is 11.1. The molecule has 1 aliphatic heterocycles. The van der Waals surface area contributed by atoms with E-state index in [1.54, 1.807) is 24.3 Å². The number of hydrogen-bond donors (Lipinski definition) is 3. The third-order valence-corrected chi connectivity index (χ3v) is 3.41. The van der Waals surface area contributed by atoms with E-state index in [0.717, 1.165) is 0 Å². The number of carbonyl (C=O) groups is 1. The van der Waals surface area contributed by atoms with Crippen molar-refractivity contribution in [1.29, 1.82) is 0 Å². The van der Waals surface area contributed by atoms with Crippen LogP contribution in [-0.4, -0.2) is 52.8 Å². The molecule has 0 amide bonds. The molecule has 0 unspecified atom stereocenters. The van der Waals surface area contributed by atoms with Gasteiger partial charge in [-0.1, -0.05) is 30.3 Å². The van der Waals surface area contributed by atoms with Crippen molar-refractivity contribution < 1.29 is 29.6 Å². The van der Waals surface area contributed by atoms with E-state index in [4.69, 9.17) is 4.74 Å². The van der Waals surface area contributed by atoms with Gasteiger partial charge >= 0.3 is 5.97 Å². The van der Waals surface area contributed by atoms with Gasteiger partial charge in [-0.15, -0.1) is 0 Å². The molecule has 110 valence electrons. The molecule has 1 aromatic carbocycles. The van der Waals surface area contributed by atoms with Gasteiger partial charge in [-0.05, 0) is 5.56 Å². The maximum atomic E-state index is 11.1. The summed E-state index contributed by atoms with van der Waals surface area (Å²) in [6.45, 7) is 0. The van der Waals surface area contributed by atoms with Crippen molar-refractivity contribution in [2.75, 3.05) is 7.11 Å². The number of hydrogen-bond acceptors (Lipinski definition) is 6. The third kappa shape index (κ3) is 2.99. The van der Waals surface area contributed by atoms with E-state index in [1.165, 1.54) is 7.11 Å². The summed E-state index contributed by atoms with van der Waals surface area (Å²) in [5.74, 6) is -0.606. The van der Waals surface area contributed by atoms with Gasteiger partial charge in [0.25, 0.3) is 0 Å². The van der Waals surface area contributed by atoms with E-state index in [2.05, 4.69) is 4.74 Å². The monoisotopic (exact) mass is 282 g/mol. The van der Waals surface area contributed by atoms with E-state index in [-0.39, 0.29) is 6.42 Å². The van der Waals surface area contributed by atoms with Crippen LogP contribution >= 0.6 is 0 Å². The maximum absolute atomic E-state index is 11.1. The quantitative estimate of drug-likeness (QED) is 0.660. The highest BCUT2D eigenvalue weighted by Crippen LogP contribution is 2.35. The van der Waals surface area contributed by atoms with Crippen LogP contribution in [0.15, 0.2) is 30.3 Å². The summed E-state index contributed by atoms with van der Waals surface area (Å²) < 4.78 is 9.98. The lowest BCUT2D eigenvalue weighted by molar-refractivity contribution is -0.146. The minimum Gasteiger partial charge on any atom is -0.469 e. The minimum atomic E-state index is -1.26.